The zero-order valence-corrected chi connectivity index (χ0v) is 12.3. The van der Waals surface area contributed by atoms with E-state index in [0.717, 1.165) is 19.4 Å². The Morgan fingerprint density at radius 3 is 2.29 bits per heavy atom. The number of aliphatic hydroxyl groups excluding tert-OH is 1. The number of rotatable bonds is 5. The van der Waals surface area contributed by atoms with E-state index in [-0.39, 0.29) is 23.2 Å². The fourth-order valence-electron chi connectivity index (χ4n) is 2.67. The molecule has 0 radical (unpaired) electrons. The molecular formula is C14H29NO2. The summed E-state index contributed by atoms with van der Waals surface area (Å²) in [4.78, 5) is 0. The molecule has 1 aliphatic heterocycles. The van der Waals surface area contributed by atoms with E-state index in [1.54, 1.807) is 0 Å². The van der Waals surface area contributed by atoms with Crippen LogP contribution in [0.3, 0.4) is 0 Å². The lowest BCUT2D eigenvalue weighted by Crippen LogP contribution is -2.46. The topological polar surface area (TPSA) is 41.5 Å². The van der Waals surface area contributed by atoms with Gasteiger partial charge in [0.2, 0.25) is 0 Å². The number of nitrogens with one attached hydrogen (secondary N) is 1. The van der Waals surface area contributed by atoms with Crippen molar-refractivity contribution in [3.8, 4) is 0 Å². The summed E-state index contributed by atoms with van der Waals surface area (Å²) in [7, 11) is 0. The molecule has 0 aromatic heterocycles. The van der Waals surface area contributed by atoms with Crippen LogP contribution in [-0.2, 0) is 4.74 Å². The maximum Gasteiger partial charge on any atom is 0.0787 e. The highest BCUT2D eigenvalue weighted by atomic mass is 16.5. The highest BCUT2D eigenvalue weighted by molar-refractivity contribution is 4.99. The molecule has 0 bridgehead atoms. The van der Waals surface area contributed by atoms with Gasteiger partial charge in [-0.15, -0.1) is 0 Å². The lowest BCUT2D eigenvalue weighted by atomic mass is 9.87. The number of aliphatic hydroxyl groups is 1. The van der Waals surface area contributed by atoms with Gasteiger partial charge in [0, 0.05) is 19.2 Å². The van der Waals surface area contributed by atoms with Crippen LogP contribution in [0.5, 0.6) is 0 Å². The van der Waals surface area contributed by atoms with Crippen LogP contribution in [0.25, 0.3) is 0 Å². The molecule has 1 unspecified atom stereocenters. The molecule has 0 amide bonds. The lowest BCUT2D eigenvalue weighted by Gasteiger charge is -2.31. The zero-order valence-electron chi connectivity index (χ0n) is 12.3. The average molecular weight is 243 g/mol. The standard InChI is InChI=1S/C14H29NO2/c1-12(2,7-8-16)10-15-11-9-13(3,4)17-14(11,5)6/h11,15-16H,7-10H2,1-6H3. The molecule has 0 aliphatic carbocycles. The molecule has 1 saturated heterocycles. The van der Waals surface area contributed by atoms with Crippen LogP contribution in [0, 0.1) is 5.41 Å². The minimum atomic E-state index is -0.112. The van der Waals surface area contributed by atoms with Crippen LogP contribution in [0.2, 0.25) is 0 Å². The summed E-state index contributed by atoms with van der Waals surface area (Å²) >= 11 is 0. The highest BCUT2D eigenvalue weighted by Gasteiger charge is 2.45. The number of ether oxygens (including phenoxy) is 1. The second-order valence-electron chi connectivity index (χ2n) is 7.24. The van der Waals surface area contributed by atoms with Gasteiger partial charge < -0.3 is 15.2 Å². The summed E-state index contributed by atoms with van der Waals surface area (Å²) in [6.07, 6.45) is 1.87. The second-order valence-corrected chi connectivity index (χ2v) is 7.24. The summed E-state index contributed by atoms with van der Waals surface area (Å²) in [6, 6.07) is 0.385. The first kappa shape index (κ1) is 14.9. The van der Waals surface area contributed by atoms with Gasteiger partial charge >= 0.3 is 0 Å². The van der Waals surface area contributed by atoms with Crippen molar-refractivity contribution in [3.63, 3.8) is 0 Å². The molecule has 0 aromatic carbocycles. The smallest absolute Gasteiger partial charge is 0.0787 e. The van der Waals surface area contributed by atoms with Gasteiger partial charge in [-0.2, -0.15) is 0 Å². The van der Waals surface area contributed by atoms with Crippen molar-refractivity contribution in [2.24, 2.45) is 5.41 Å². The van der Waals surface area contributed by atoms with Crippen molar-refractivity contribution >= 4 is 0 Å². The summed E-state index contributed by atoms with van der Waals surface area (Å²) in [5.74, 6) is 0. The molecule has 2 N–H and O–H groups in total. The van der Waals surface area contributed by atoms with E-state index in [1.807, 2.05) is 0 Å². The molecule has 1 rings (SSSR count). The van der Waals surface area contributed by atoms with Crippen molar-refractivity contribution < 1.29 is 9.84 Å². The molecule has 17 heavy (non-hydrogen) atoms. The van der Waals surface area contributed by atoms with Crippen molar-refractivity contribution in [3.05, 3.63) is 0 Å². The van der Waals surface area contributed by atoms with E-state index in [1.165, 1.54) is 0 Å². The van der Waals surface area contributed by atoms with Crippen molar-refractivity contribution in [1.29, 1.82) is 0 Å². The monoisotopic (exact) mass is 243 g/mol. The fourth-order valence-corrected chi connectivity index (χ4v) is 2.67. The Morgan fingerprint density at radius 2 is 1.88 bits per heavy atom. The van der Waals surface area contributed by atoms with Gasteiger partial charge in [-0.3, -0.25) is 0 Å². The predicted molar refractivity (Wildman–Crippen MR) is 71.1 cm³/mol. The van der Waals surface area contributed by atoms with Gasteiger partial charge in [-0.05, 0) is 46.0 Å². The van der Waals surface area contributed by atoms with Crippen LogP contribution in [0.1, 0.15) is 54.4 Å². The molecule has 1 fully saturated rings. The second kappa shape index (κ2) is 4.87. The van der Waals surface area contributed by atoms with Crippen molar-refractivity contribution in [2.45, 2.75) is 71.6 Å². The summed E-state index contributed by atoms with van der Waals surface area (Å²) < 4.78 is 6.06. The van der Waals surface area contributed by atoms with E-state index in [4.69, 9.17) is 9.84 Å². The van der Waals surface area contributed by atoms with E-state index < -0.39 is 0 Å². The van der Waals surface area contributed by atoms with Crippen molar-refractivity contribution in [1.82, 2.24) is 5.32 Å². The largest absolute Gasteiger partial charge is 0.396 e. The third-order valence-electron chi connectivity index (χ3n) is 3.69. The molecule has 102 valence electrons. The van der Waals surface area contributed by atoms with Crippen LogP contribution in [0.4, 0.5) is 0 Å². The van der Waals surface area contributed by atoms with E-state index >= 15 is 0 Å². The molecule has 1 heterocycles. The quantitative estimate of drug-likeness (QED) is 0.778. The summed E-state index contributed by atoms with van der Waals surface area (Å²) in [5.41, 5.74) is -0.0152. The Bertz CT molecular complexity index is 259. The SMILES string of the molecule is CC(C)(CCO)CNC1CC(C)(C)OC1(C)C. The summed E-state index contributed by atoms with van der Waals surface area (Å²) in [6.45, 7) is 14.1. The van der Waals surface area contributed by atoms with Crippen LogP contribution in [0.15, 0.2) is 0 Å². The van der Waals surface area contributed by atoms with Crippen LogP contribution >= 0.6 is 0 Å². The zero-order chi connectivity index (χ0) is 13.3. The highest BCUT2D eigenvalue weighted by Crippen LogP contribution is 2.37. The number of hydrogen-bond donors (Lipinski definition) is 2. The molecule has 3 heteroatoms. The molecular weight excluding hydrogens is 214 g/mol. The first-order valence-electron chi connectivity index (χ1n) is 6.62. The first-order chi connectivity index (χ1) is 7.58. The Balaban J connectivity index is 2.53. The molecule has 1 aliphatic rings. The Hall–Kier alpha value is -0.120. The van der Waals surface area contributed by atoms with Crippen molar-refractivity contribution in [2.75, 3.05) is 13.2 Å². The molecule has 0 aromatic rings. The normalized spacial score (nSPS) is 27.4. The number of hydrogen-bond acceptors (Lipinski definition) is 3. The Kier molecular flexibility index (Phi) is 4.28. The van der Waals surface area contributed by atoms with Crippen LogP contribution in [-0.4, -0.2) is 35.5 Å². The van der Waals surface area contributed by atoms with Gasteiger partial charge in [0.1, 0.15) is 0 Å². The third-order valence-corrected chi connectivity index (χ3v) is 3.69. The molecule has 0 spiro atoms. The lowest BCUT2D eigenvalue weighted by molar-refractivity contribution is -0.0702. The van der Waals surface area contributed by atoms with Gasteiger partial charge in [-0.1, -0.05) is 13.8 Å². The van der Waals surface area contributed by atoms with Gasteiger partial charge in [0.15, 0.2) is 0 Å². The first-order valence-corrected chi connectivity index (χ1v) is 6.62. The minimum Gasteiger partial charge on any atom is -0.396 e. The molecule has 3 nitrogen and oxygen atoms in total. The van der Waals surface area contributed by atoms with E-state index in [2.05, 4.69) is 46.9 Å². The maximum atomic E-state index is 9.03. The van der Waals surface area contributed by atoms with Gasteiger partial charge in [0.25, 0.3) is 0 Å². The average Bonchev–Trinajstić information content (AvgIpc) is 2.30. The molecule has 0 saturated carbocycles. The summed E-state index contributed by atoms with van der Waals surface area (Å²) in [5, 5.41) is 12.6. The van der Waals surface area contributed by atoms with Gasteiger partial charge in [0.05, 0.1) is 11.2 Å². The molecule has 1 atom stereocenters. The Morgan fingerprint density at radius 1 is 1.29 bits per heavy atom. The van der Waals surface area contributed by atoms with Crippen LogP contribution < -0.4 is 5.32 Å². The van der Waals surface area contributed by atoms with Gasteiger partial charge in [-0.25, -0.2) is 0 Å². The predicted octanol–water partition coefficient (Wildman–Crippen LogP) is 2.33. The fraction of sp³-hybridized carbons (Fsp3) is 1.00. The minimum absolute atomic E-state index is 0.0394. The third kappa shape index (κ3) is 4.23. The van der Waals surface area contributed by atoms with E-state index in [0.29, 0.717) is 6.04 Å². The Labute approximate surface area is 106 Å². The van der Waals surface area contributed by atoms with E-state index in [9.17, 15) is 0 Å². The maximum absolute atomic E-state index is 9.03.